The van der Waals surface area contributed by atoms with E-state index in [2.05, 4.69) is 21.3 Å². The van der Waals surface area contributed by atoms with Gasteiger partial charge in [0.05, 0.1) is 11.8 Å². The summed E-state index contributed by atoms with van der Waals surface area (Å²) in [5.74, 6) is 1.93. The standard InChI is InChI=1S/C19H22N6/c20-13-14-6-11-25(12-7-14)19-15-4-9-21-10-5-16(15)23-18(24-19)17-3-1-2-8-22-17/h1-3,8,14,21H,4-7,9-12H2. The van der Waals surface area contributed by atoms with Crippen LogP contribution >= 0.6 is 0 Å². The van der Waals surface area contributed by atoms with Crippen LogP contribution in [-0.4, -0.2) is 41.1 Å². The van der Waals surface area contributed by atoms with E-state index in [1.165, 1.54) is 5.56 Å². The SMILES string of the molecule is N#CC1CCN(c2nc(-c3ccccn3)nc3c2CCNCC3)CC1. The zero-order chi connectivity index (χ0) is 17.1. The third kappa shape index (κ3) is 3.33. The fourth-order valence-electron chi connectivity index (χ4n) is 3.62. The van der Waals surface area contributed by atoms with Crippen LogP contribution in [0.3, 0.4) is 0 Å². The first kappa shape index (κ1) is 16.0. The van der Waals surface area contributed by atoms with E-state index in [-0.39, 0.29) is 5.92 Å². The number of nitrogens with zero attached hydrogens (tertiary/aromatic N) is 5. The highest BCUT2D eigenvalue weighted by Crippen LogP contribution is 2.29. The number of hydrogen-bond donors (Lipinski definition) is 1. The molecule has 0 atom stereocenters. The second-order valence-corrected chi connectivity index (χ2v) is 6.65. The van der Waals surface area contributed by atoms with Gasteiger partial charge in [-0.1, -0.05) is 6.07 Å². The third-order valence-corrected chi connectivity index (χ3v) is 5.03. The van der Waals surface area contributed by atoms with Crippen LogP contribution in [-0.2, 0) is 12.8 Å². The molecule has 0 unspecified atom stereocenters. The first-order valence-electron chi connectivity index (χ1n) is 9.01. The van der Waals surface area contributed by atoms with E-state index in [1.54, 1.807) is 6.20 Å². The summed E-state index contributed by atoms with van der Waals surface area (Å²) in [5.41, 5.74) is 3.22. The summed E-state index contributed by atoms with van der Waals surface area (Å²) in [6.45, 7) is 3.68. The number of nitriles is 1. The van der Waals surface area contributed by atoms with Crippen molar-refractivity contribution in [3.8, 4) is 17.6 Å². The van der Waals surface area contributed by atoms with Crippen LogP contribution in [0.1, 0.15) is 24.1 Å². The minimum Gasteiger partial charge on any atom is -0.356 e. The lowest BCUT2D eigenvalue weighted by molar-refractivity contribution is 0.484. The van der Waals surface area contributed by atoms with Crippen molar-refractivity contribution < 1.29 is 0 Å². The van der Waals surface area contributed by atoms with Gasteiger partial charge in [-0.2, -0.15) is 5.26 Å². The van der Waals surface area contributed by atoms with Gasteiger partial charge in [-0.15, -0.1) is 0 Å². The normalized spacial score (nSPS) is 18.3. The van der Waals surface area contributed by atoms with Gasteiger partial charge >= 0.3 is 0 Å². The number of hydrogen-bond acceptors (Lipinski definition) is 6. The van der Waals surface area contributed by atoms with Crippen molar-refractivity contribution in [1.29, 1.82) is 5.26 Å². The van der Waals surface area contributed by atoms with Crippen molar-refractivity contribution in [3.63, 3.8) is 0 Å². The molecule has 6 nitrogen and oxygen atoms in total. The summed E-state index contributed by atoms with van der Waals surface area (Å²) >= 11 is 0. The van der Waals surface area contributed by atoms with Gasteiger partial charge in [-0.25, -0.2) is 9.97 Å². The highest BCUT2D eigenvalue weighted by molar-refractivity contribution is 5.58. The molecule has 1 saturated heterocycles. The molecule has 1 fully saturated rings. The molecule has 2 aliphatic heterocycles. The Morgan fingerprint density at radius 2 is 1.96 bits per heavy atom. The first-order valence-corrected chi connectivity index (χ1v) is 9.01. The monoisotopic (exact) mass is 334 g/mol. The van der Waals surface area contributed by atoms with Crippen molar-refractivity contribution in [2.24, 2.45) is 5.92 Å². The fraction of sp³-hybridized carbons (Fsp3) is 0.474. The summed E-state index contributed by atoms with van der Waals surface area (Å²) in [5, 5.41) is 12.6. The maximum Gasteiger partial charge on any atom is 0.180 e. The first-order chi connectivity index (χ1) is 12.3. The quantitative estimate of drug-likeness (QED) is 0.905. The Hall–Kier alpha value is -2.52. The van der Waals surface area contributed by atoms with Crippen LogP contribution in [0.5, 0.6) is 0 Å². The fourth-order valence-corrected chi connectivity index (χ4v) is 3.62. The Balaban J connectivity index is 1.75. The van der Waals surface area contributed by atoms with Gasteiger partial charge in [-0.05, 0) is 37.9 Å². The summed E-state index contributed by atoms with van der Waals surface area (Å²) < 4.78 is 0. The molecular weight excluding hydrogens is 312 g/mol. The zero-order valence-electron chi connectivity index (χ0n) is 14.3. The van der Waals surface area contributed by atoms with E-state index in [0.29, 0.717) is 5.82 Å². The minimum absolute atomic E-state index is 0.175. The number of pyridine rings is 1. The lowest BCUT2D eigenvalue weighted by Gasteiger charge is -2.32. The van der Waals surface area contributed by atoms with Crippen LogP contribution in [0.15, 0.2) is 24.4 Å². The van der Waals surface area contributed by atoms with Crippen LogP contribution in [0, 0.1) is 17.2 Å². The van der Waals surface area contributed by atoms with Gasteiger partial charge in [0.2, 0.25) is 0 Å². The van der Waals surface area contributed by atoms with Crippen molar-refractivity contribution in [1.82, 2.24) is 20.3 Å². The van der Waals surface area contributed by atoms with Gasteiger partial charge in [0.1, 0.15) is 11.5 Å². The molecule has 0 saturated carbocycles. The highest BCUT2D eigenvalue weighted by Gasteiger charge is 2.25. The molecule has 2 aliphatic rings. The molecular formula is C19H22N6. The summed E-state index contributed by atoms with van der Waals surface area (Å²) in [6.07, 6.45) is 5.47. The molecule has 6 heteroatoms. The van der Waals surface area contributed by atoms with Crippen molar-refractivity contribution in [2.45, 2.75) is 25.7 Å². The molecule has 0 spiro atoms. The number of aromatic nitrogens is 3. The Morgan fingerprint density at radius 3 is 2.72 bits per heavy atom. The summed E-state index contributed by atoms with van der Waals surface area (Å²) in [4.78, 5) is 16.5. The second kappa shape index (κ2) is 7.16. The van der Waals surface area contributed by atoms with E-state index in [1.807, 2.05) is 18.2 Å². The van der Waals surface area contributed by atoms with E-state index in [9.17, 15) is 0 Å². The van der Waals surface area contributed by atoms with Crippen LogP contribution in [0.4, 0.5) is 5.82 Å². The number of piperidine rings is 1. The van der Waals surface area contributed by atoms with Crippen LogP contribution in [0.25, 0.3) is 11.5 Å². The molecule has 0 amide bonds. The maximum absolute atomic E-state index is 9.16. The van der Waals surface area contributed by atoms with Gasteiger partial charge in [0.25, 0.3) is 0 Å². The second-order valence-electron chi connectivity index (χ2n) is 6.65. The molecule has 0 radical (unpaired) electrons. The Morgan fingerprint density at radius 1 is 1.12 bits per heavy atom. The number of fused-ring (bicyclic) bond motifs is 1. The van der Waals surface area contributed by atoms with Gasteiger partial charge in [0, 0.05) is 43.7 Å². The average Bonchev–Trinajstić information content (AvgIpc) is 2.93. The smallest absolute Gasteiger partial charge is 0.180 e. The number of rotatable bonds is 2. The molecule has 0 aliphatic carbocycles. The largest absolute Gasteiger partial charge is 0.356 e. The molecule has 1 N–H and O–H groups in total. The molecule has 128 valence electrons. The Kier molecular flexibility index (Phi) is 4.57. The van der Waals surface area contributed by atoms with E-state index in [4.69, 9.17) is 15.2 Å². The predicted molar refractivity (Wildman–Crippen MR) is 96.1 cm³/mol. The van der Waals surface area contributed by atoms with Crippen LogP contribution < -0.4 is 10.2 Å². The topological polar surface area (TPSA) is 77.7 Å². The Labute approximate surface area is 147 Å². The lowest BCUT2D eigenvalue weighted by Crippen LogP contribution is -2.35. The van der Waals surface area contributed by atoms with E-state index < -0.39 is 0 Å². The molecule has 2 aromatic rings. The zero-order valence-corrected chi connectivity index (χ0v) is 14.3. The molecule has 0 aromatic carbocycles. The van der Waals surface area contributed by atoms with E-state index >= 15 is 0 Å². The molecule has 2 aromatic heterocycles. The van der Waals surface area contributed by atoms with Crippen LogP contribution in [0.2, 0.25) is 0 Å². The number of anilines is 1. The molecule has 4 heterocycles. The molecule has 4 rings (SSSR count). The van der Waals surface area contributed by atoms with E-state index in [0.717, 1.165) is 69.1 Å². The summed E-state index contributed by atoms with van der Waals surface area (Å²) in [7, 11) is 0. The predicted octanol–water partition coefficient (Wildman–Crippen LogP) is 1.97. The highest BCUT2D eigenvalue weighted by atomic mass is 15.2. The van der Waals surface area contributed by atoms with Gasteiger partial charge in [0.15, 0.2) is 5.82 Å². The van der Waals surface area contributed by atoms with Gasteiger partial charge in [-0.3, -0.25) is 4.98 Å². The molecule has 0 bridgehead atoms. The van der Waals surface area contributed by atoms with Crippen molar-refractivity contribution in [3.05, 3.63) is 35.7 Å². The summed E-state index contributed by atoms with van der Waals surface area (Å²) in [6, 6.07) is 8.24. The van der Waals surface area contributed by atoms with Gasteiger partial charge < -0.3 is 10.2 Å². The van der Waals surface area contributed by atoms with Crippen molar-refractivity contribution >= 4 is 5.82 Å². The average molecular weight is 334 g/mol. The van der Waals surface area contributed by atoms with Crippen molar-refractivity contribution in [2.75, 3.05) is 31.1 Å². The minimum atomic E-state index is 0.175. The maximum atomic E-state index is 9.16. The lowest BCUT2D eigenvalue weighted by atomic mass is 9.98. The third-order valence-electron chi connectivity index (χ3n) is 5.03. The number of nitrogens with one attached hydrogen (secondary N) is 1. The molecule has 25 heavy (non-hydrogen) atoms. The Bertz CT molecular complexity index is 774.